The van der Waals surface area contributed by atoms with Gasteiger partial charge in [0.05, 0.1) is 22.4 Å². The first kappa shape index (κ1) is 13.6. The monoisotopic (exact) mass is 301 g/mol. The van der Waals surface area contributed by atoms with E-state index in [1.54, 1.807) is 11.3 Å². The molecule has 2 aromatic rings. The topological polar surface area (TPSA) is 62.7 Å². The molecule has 2 N–H and O–H groups in total. The first-order valence-electron chi connectivity index (χ1n) is 5.52. The van der Waals surface area contributed by atoms with Crippen LogP contribution in [0.15, 0.2) is 5.38 Å². The van der Waals surface area contributed by atoms with Crippen molar-refractivity contribution in [1.29, 1.82) is 0 Å². The van der Waals surface area contributed by atoms with Crippen molar-refractivity contribution in [1.82, 2.24) is 13.7 Å². The molecule has 0 fully saturated rings. The fraction of sp³-hybridized carbons (Fsp3) is 0.500. The highest BCUT2D eigenvalue weighted by Crippen LogP contribution is 2.18. The van der Waals surface area contributed by atoms with E-state index in [0.29, 0.717) is 0 Å². The third-order valence-electron chi connectivity index (χ3n) is 2.18. The molecule has 0 amide bonds. The molecule has 2 heterocycles. The van der Waals surface area contributed by atoms with Gasteiger partial charge in [0.1, 0.15) is 0 Å². The van der Waals surface area contributed by atoms with Crippen LogP contribution >= 0.6 is 34.8 Å². The number of thioether (sulfide) groups is 1. The van der Waals surface area contributed by atoms with Gasteiger partial charge in [-0.05, 0) is 6.92 Å². The van der Waals surface area contributed by atoms with Gasteiger partial charge in [0.25, 0.3) is 0 Å². The van der Waals surface area contributed by atoms with Crippen LogP contribution in [0, 0.1) is 6.92 Å². The third kappa shape index (κ3) is 3.82. The van der Waals surface area contributed by atoms with Gasteiger partial charge in [0, 0.05) is 30.5 Å². The highest BCUT2D eigenvalue weighted by atomic mass is 32.2. The minimum atomic E-state index is 0.820. The molecule has 8 heteroatoms. The molecule has 98 valence electrons. The van der Waals surface area contributed by atoms with E-state index in [-0.39, 0.29) is 0 Å². The molecule has 0 unspecified atom stereocenters. The number of hydrogen-bond acceptors (Lipinski definition) is 8. The summed E-state index contributed by atoms with van der Waals surface area (Å²) in [4.78, 5) is 4.43. The van der Waals surface area contributed by atoms with Gasteiger partial charge in [-0.1, -0.05) is 0 Å². The SMILES string of the molecule is CNc1nsnc1NCCSCc1csc(C)n1. The van der Waals surface area contributed by atoms with Gasteiger partial charge in [-0.15, -0.1) is 11.3 Å². The molecular weight excluding hydrogens is 286 g/mol. The van der Waals surface area contributed by atoms with Crippen LogP contribution in [0.5, 0.6) is 0 Å². The molecule has 0 aliphatic rings. The van der Waals surface area contributed by atoms with Gasteiger partial charge in [-0.25, -0.2) is 4.98 Å². The summed E-state index contributed by atoms with van der Waals surface area (Å²) in [5, 5.41) is 9.53. The Labute approximate surface area is 119 Å². The van der Waals surface area contributed by atoms with Crippen molar-refractivity contribution >= 4 is 46.5 Å². The molecule has 0 saturated carbocycles. The van der Waals surface area contributed by atoms with Crippen molar-refractivity contribution in [3.05, 3.63) is 16.1 Å². The maximum absolute atomic E-state index is 4.43. The largest absolute Gasteiger partial charge is 0.369 e. The molecular formula is C10H15N5S3. The van der Waals surface area contributed by atoms with Gasteiger partial charge in [-0.3, -0.25) is 0 Å². The minimum absolute atomic E-state index is 0.820. The standard InChI is InChI=1S/C10H15N5S3/c1-7-13-8(6-17-7)5-16-4-3-12-10-9(11-2)14-18-15-10/h6H,3-5H2,1-2H3,(H,11,14)(H,12,15). The van der Waals surface area contributed by atoms with Gasteiger partial charge in [-0.2, -0.15) is 20.5 Å². The van der Waals surface area contributed by atoms with Gasteiger partial charge in [0.2, 0.25) is 0 Å². The summed E-state index contributed by atoms with van der Waals surface area (Å²) in [7, 11) is 1.85. The van der Waals surface area contributed by atoms with E-state index in [2.05, 4.69) is 29.7 Å². The molecule has 0 atom stereocenters. The highest BCUT2D eigenvalue weighted by molar-refractivity contribution is 7.98. The summed E-state index contributed by atoms with van der Waals surface area (Å²) in [5.41, 5.74) is 1.17. The van der Waals surface area contributed by atoms with E-state index in [4.69, 9.17) is 0 Å². The average molecular weight is 301 g/mol. The predicted molar refractivity (Wildman–Crippen MR) is 81.0 cm³/mol. The number of aryl methyl sites for hydroxylation is 1. The Bertz CT molecular complexity index is 481. The van der Waals surface area contributed by atoms with Crippen LogP contribution in [-0.2, 0) is 5.75 Å². The molecule has 5 nitrogen and oxygen atoms in total. The van der Waals surface area contributed by atoms with Crippen LogP contribution in [-0.4, -0.2) is 33.1 Å². The van der Waals surface area contributed by atoms with Crippen LogP contribution in [0.2, 0.25) is 0 Å². The van der Waals surface area contributed by atoms with Gasteiger partial charge < -0.3 is 10.6 Å². The van der Waals surface area contributed by atoms with E-state index >= 15 is 0 Å². The first-order chi connectivity index (χ1) is 8.79. The van der Waals surface area contributed by atoms with E-state index < -0.39 is 0 Å². The Balaban J connectivity index is 1.64. The van der Waals surface area contributed by atoms with Crippen molar-refractivity contribution < 1.29 is 0 Å². The zero-order valence-electron chi connectivity index (χ0n) is 10.3. The molecule has 2 rings (SSSR count). The number of hydrogen-bond donors (Lipinski definition) is 2. The van der Waals surface area contributed by atoms with Gasteiger partial charge in [0.15, 0.2) is 11.6 Å². The quantitative estimate of drug-likeness (QED) is 0.767. The lowest BCUT2D eigenvalue weighted by molar-refractivity contribution is 1.16. The molecule has 0 radical (unpaired) electrons. The Morgan fingerprint density at radius 3 is 2.89 bits per heavy atom. The molecule has 2 aromatic heterocycles. The van der Waals surface area contributed by atoms with Crippen molar-refractivity contribution in [3.63, 3.8) is 0 Å². The van der Waals surface area contributed by atoms with Crippen LogP contribution in [0.1, 0.15) is 10.7 Å². The normalized spacial score (nSPS) is 10.6. The summed E-state index contributed by atoms with van der Waals surface area (Å²) >= 11 is 4.79. The number of aromatic nitrogens is 3. The van der Waals surface area contributed by atoms with Gasteiger partial charge >= 0.3 is 0 Å². The molecule has 0 bridgehead atoms. The summed E-state index contributed by atoms with van der Waals surface area (Å²) in [5.74, 6) is 3.66. The minimum Gasteiger partial charge on any atom is -0.369 e. The second-order valence-electron chi connectivity index (χ2n) is 3.55. The fourth-order valence-corrected chi connectivity index (χ4v) is 3.36. The molecule has 0 spiro atoms. The molecule has 0 saturated heterocycles. The van der Waals surface area contributed by atoms with E-state index in [1.165, 1.54) is 17.4 Å². The Morgan fingerprint density at radius 1 is 1.33 bits per heavy atom. The maximum Gasteiger partial charge on any atom is 0.184 e. The van der Waals surface area contributed by atoms with Crippen LogP contribution in [0.25, 0.3) is 0 Å². The van der Waals surface area contributed by atoms with E-state index in [0.717, 1.165) is 34.7 Å². The number of nitrogens with one attached hydrogen (secondary N) is 2. The smallest absolute Gasteiger partial charge is 0.184 e. The summed E-state index contributed by atoms with van der Waals surface area (Å²) in [6, 6.07) is 0. The number of anilines is 2. The maximum atomic E-state index is 4.43. The highest BCUT2D eigenvalue weighted by Gasteiger charge is 2.04. The zero-order valence-corrected chi connectivity index (χ0v) is 12.7. The Hall–Kier alpha value is -0.860. The summed E-state index contributed by atoms with van der Waals surface area (Å²) < 4.78 is 8.31. The molecule has 0 aliphatic carbocycles. The number of rotatable bonds is 7. The Morgan fingerprint density at radius 2 is 2.17 bits per heavy atom. The predicted octanol–water partition coefficient (Wildman–Crippen LogP) is 2.69. The average Bonchev–Trinajstić information content (AvgIpc) is 2.97. The van der Waals surface area contributed by atoms with Crippen LogP contribution in [0.3, 0.4) is 0 Å². The second kappa shape index (κ2) is 6.91. The van der Waals surface area contributed by atoms with Crippen LogP contribution in [0.4, 0.5) is 11.6 Å². The van der Waals surface area contributed by atoms with E-state index in [1.807, 2.05) is 25.7 Å². The van der Waals surface area contributed by atoms with E-state index in [9.17, 15) is 0 Å². The molecule has 0 aromatic carbocycles. The lowest BCUT2D eigenvalue weighted by Gasteiger charge is -2.03. The number of thiazole rings is 1. The number of nitrogens with zero attached hydrogens (tertiary/aromatic N) is 3. The van der Waals surface area contributed by atoms with Crippen molar-refractivity contribution in [3.8, 4) is 0 Å². The van der Waals surface area contributed by atoms with Crippen molar-refractivity contribution in [2.45, 2.75) is 12.7 Å². The lowest BCUT2D eigenvalue weighted by Crippen LogP contribution is -2.06. The first-order valence-corrected chi connectivity index (χ1v) is 8.29. The third-order valence-corrected chi connectivity index (χ3v) is 4.52. The zero-order chi connectivity index (χ0) is 12.8. The lowest BCUT2D eigenvalue weighted by atomic mass is 10.6. The summed E-state index contributed by atoms with van der Waals surface area (Å²) in [6.07, 6.45) is 0. The summed E-state index contributed by atoms with van der Waals surface area (Å²) in [6.45, 7) is 2.92. The van der Waals surface area contributed by atoms with Crippen molar-refractivity contribution in [2.24, 2.45) is 0 Å². The second-order valence-corrected chi connectivity index (χ2v) is 6.24. The Kier molecular flexibility index (Phi) is 5.21. The fourth-order valence-electron chi connectivity index (χ4n) is 1.36. The van der Waals surface area contributed by atoms with Crippen molar-refractivity contribution in [2.75, 3.05) is 30.0 Å². The molecule has 0 aliphatic heterocycles. The van der Waals surface area contributed by atoms with Crippen LogP contribution < -0.4 is 10.6 Å². The molecule has 18 heavy (non-hydrogen) atoms.